The fourth-order valence-electron chi connectivity index (χ4n) is 3.11. The van der Waals surface area contributed by atoms with Crippen LogP contribution in [0.25, 0.3) is 0 Å². The third-order valence-corrected chi connectivity index (χ3v) is 4.85. The Bertz CT molecular complexity index is 908. The lowest BCUT2D eigenvalue weighted by Crippen LogP contribution is -2.47. The maximum atomic E-state index is 13.3. The highest BCUT2D eigenvalue weighted by molar-refractivity contribution is 6.31. The first kappa shape index (κ1) is 17.7. The van der Waals surface area contributed by atoms with Gasteiger partial charge in [-0.3, -0.25) is 13.9 Å². The van der Waals surface area contributed by atoms with E-state index in [0.29, 0.717) is 17.9 Å². The van der Waals surface area contributed by atoms with Crippen LogP contribution in [-0.4, -0.2) is 28.3 Å². The van der Waals surface area contributed by atoms with E-state index in [2.05, 4.69) is 0 Å². The van der Waals surface area contributed by atoms with Gasteiger partial charge >= 0.3 is 5.69 Å². The molecule has 0 bridgehead atoms. The Hall–Kier alpha value is -2.12. The van der Waals surface area contributed by atoms with Gasteiger partial charge in [0.1, 0.15) is 11.6 Å². The van der Waals surface area contributed by atoms with E-state index in [-0.39, 0.29) is 23.2 Å². The molecule has 2 heterocycles. The summed E-state index contributed by atoms with van der Waals surface area (Å²) in [6.07, 6.45) is 1.80. The highest BCUT2D eigenvalue weighted by Gasteiger charge is 2.22. The molecule has 6 nitrogen and oxygen atoms in total. The summed E-state index contributed by atoms with van der Waals surface area (Å²) in [5.74, 6) is 0.0763. The number of nitrogens with two attached hydrogens (primary N) is 1. The van der Waals surface area contributed by atoms with Crippen LogP contribution in [0, 0.1) is 5.82 Å². The van der Waals surface area contributed by atoms with Gasteiger partial charge in [-0.2, -0.15) is 0 Å². The van der Waals surface area contributed by atoms with E-state index < -0.39 is 11.5 Å². The van der Waals surface area contributed by atoms with Gasteiger partial charge in [0.2, 0.25) is 0 Å². The van der Waals surface area contributed by atoms with Gasteiger partial charge in [0.25, 0.3) is 5.56 Å². The predicted molar refractivity (Wildman–Crippen MR) is 95.9 cm³/mol. The molecular weight excluding hydrogens is 347 g/mol. The maximum Gasteiger partial charge on any atom is 0.332 e. The largest absolute Gasteiger partial charge is 0.356 e. The number of anilines is 1. The van der Waals surface area contributed by atoms with E-state index in [1.165, 1.54) is 29.8 Å². The third kappa shape index (κ3) is 3.62. The monoisotopic (exact) mass is 366 g/mol. The van der Waals surface area contributed by atoms with Gasteiger partial charge in [0, 0.05) is 37.3 Å². The summed E-state index contributed by atoms with van der Waals surface area (Å²) in [7, 11) is 1.43. The molecule has 0 spiro atoms. The second-order valence-electron chi connectivity index (χ2n) is 6.35. The maximum absolute atomic E-state index is 13.3. The molecule has 0 radical (unpaired) electrons. The molecule has 1 aromatic heterocycles. The molecular formula is C17H20ClFN4O2. The lowest BCUT2D eigenvalue weighted by Gasteiger charge is -2.34. The average Bonchev–Trinajstić information content (AvgIpc) is 2.57. The molecule has 0 saturated carbocycles. The first-order valence-corrected chi connectivity index (χ1v) is 8.50. The Morgan fingerprint density at radius 3 is 2.76 bits per heavy atom. The number of benzene rings is 1. The molecule has 8 heteroatoms. The zero-order valence-corrected chi connectivity index (χ0v) is 14.7. The molecule has 0 aliphatic carbocycles. The van der Waals surface area contributed by atoms with Gasteiger partial charge in [-0.15, -0.1) is 0 Å². The van der Waals surface area contributed by atoms with E-state index in [4.69, 9.17) is 17.3 Å². The molecule has 1 aliphatic rings. The van der Waals surface area contributed by atoms with Gasteiger partial charge < -0.3 is 10.6 Å². The van der Waals surface area contributed by atoms with Crippen LogP contribution >= 0.6 is 11.6 Å². The molecule has 1 aromatic carbocycles. The number of rotatable bonds is 3. The standard InChI is InChI=1S/C17H20ClFN4O2/c1-21-16(24)8-15(22-6-2-3-13(20)10-22)23(17(21)25)9-11-4-5-12(19)7-14(11)18/h4-5,7-8,13H,2-3,6,9-10,20H2,1H3. The molecule has 0 amide bonds. The summed E-state index contributed by atoms with van der Waals surface area (Å²) in [5.41, 5.74) is 5.82. The molecule has 1 fully saturated rings. The fraction of sp³-hybridized carbons (Fsp3) is 0.412. The van der Waals surface area contributed by atoms with Crippen LogP contribution in [0.2, 0.25) is 5.02 Å². The zero-order valence-electron chi connectivity index (χ0n) is 13.9. The van der Waals surface area contributed by atoms with Crippen molar-refractivity contribution in [1.29, 1.82) is 0 Å². The number of hydrogen-bond acceptors (Lipinski definition) is 4. The molecule has 2 N–H and O–H groups in total. The number of piperidine rings is 1. The van der Waals surface area contributed by atoms with Crippen molar-refractivity contribution >= 4 is 17.4 Å². The Balaban J connectivity index is 2.09. The van der Waals surface area contributed by atoms with E-state index in [9.17, 15) is 14.0 Å². The van der Waals surface area contributed by atoms with Crippen molar-refractivity contribution < 1.29 is 4.39 Å². The van der Waals surface area contributed by atoms with Crippen molar-refractivity contribution in [2.45, 2.75) is 25.4 Å². The van der Waals surface area contributed by atoms with Crippen molar-refractivity contribution in [1.82, 2.24) is 9.13 Å². The normalized spacial score (nSPS) is 17.8. The highest BCUT2D eigenvalue weighted by Crippen LogP contribution is 2.22. The topological polar surface area (TPSA) is 73.3 Å². The van der Waals surface area contributed by atoms with E-state index >= 15 is 0 Å². The first-order chi connectivity index (χ1) is 11.9. The Morgan fingerprint density at radius 2 is 2.08 bits per heavy atom. The van der Waals surface area contributed by atoms with Crippen LogP contribution in [0.4, 0.5) is 10.2 Å². The fourth-order valence-corrected chi connectivity index (χ4v) is 3.33. The van der Waals surface area contributed by atoms with Crippen molar-refractivity contribution in [3.05, 3.63) is 61.5 Å². The minimum absolute atomic E-state index is 0.00392. The Kier molecular flexibility index (Phi) is 4.96. The summed E-state index contributed by atoms with van der Waals surface area (Å²) in [6, 6.07) is 5.49. The third-order valence-electron chi connectivity index (χ3n) is 4.50. The Morgan fingerprint density at radius 1 is 1.32 bits per heavy atom. The minimum atomic E-state index is -0.443. The van der Waals surface area contributed by atoms with Crippen molar-refractivity contribution in [2.24, 2.45) is 12.8 Å². The SMILES string of the molecule is Cn1c(=O)cc(N2CCCC(N)C2)n(Cc2ccc(F)cc2Cl)c1=O. The van der Waals surface area contributed by atoms with Crippen LogP contribution in [-0.2, 0) is 13.6 Å². The van der Waals surface area contributed by atoms with Gasteiger partial charge in [-0.05, 0) is 30.5 Å². The Labute approximate surface area is 149 Å². The molecule has 25 heavy (non-hydrogen) atoms. The summed E-state index contributed by atoms with van der Waals surface area (Å²) in [5, 5.41) is 0.238. The summed E-state index contributed by atoms with van der Waals surface area (Å²) >= 11 is 6.11. The van der Waals surface area contributed by atoms with Gasteiger partial charge in [0.15, 0.2) is 0 Å². The molecule has 134 valence electrons. The average molecular weight is 367 g/mol. The second-order valence-corrected chi connectivity index (χ2v) is 6.76. The number of hydrogen-bond donors (Lipinski definition) is 1. The number of nitrogens with zero attached hydrogens (tertiary/aromatic N) is 3. The lowest BCUT2D eigenvalue weighted by atomic mass is 10.1. The molecule has 3 rings (SSSR count). The summed E-state index contributed by atoms with van der Waals surface area (Å²) < 4.78 is 15.8. The smallest absolute Gasteiger partial charge is 0.332 e. The molecule has 2 aromatic rings. The zero-order chi connectivity index (χ0) is 18.1. The highest BCUT2D eigenvalue weighted by atomic mass is 35.5. The second kappa shape index (κ2) is 7.01. The van der Waals surface area contributed by atoms with Crippen LogP contribution < -0.4 is 21.9 Å². The van der Waals surface area contributed by atoms with Crippen molar-refractivity contribution in [2.75, 3.05) is 18.0 Å². The predicted octanol–water partition coefficient (Wildman–Crippen LogP) is 1.32. The number of aromatic nitrogens is 2. The van der Waals surface area contributed by atoms with Gasteiger partial charge in [-0.1, -0.05) is 17.7 Å². The minimum Gasteiger partial charge on any atom is -0.356 e. The van der Waals surface area contributed by atoms with Crippen LogP contribution in [0.15, 0.2) is 33.9 Å². The number of halogens is 2. The van der Waals surface area contributed by atoms with Crippen molar-refractivity contribution in [3.63, 3.8) is 0 Å². The summed E-state index contributed by atoms with van der Waals surface area (Å²) in [6.45, 7) is 1.44. The molecule has 1 saturated heterocycles. The van der Waals surface area contributed by atoms with Crippen molar-refractivity contribution in [3.8, 4) is 0 Å². The van der Waals surface area contributed by atoms with Gasteiger partial charge in [-0.25, -0.2) is 9.18 Å². The summed E-state index contributed by atoms with van der Waals surface area (Å²) in [4.78, 5) is 26.7. The van der Waals surface area contributed by atoms with E-state index in [1.54, 1.807) is 6.07 Å². The molecule has 1 unspecified atom stereocenters. The van der Waals surface area contributed by atoms with Gasteiger partial charge in [0.05, 0.1) is 6.54 Å². The van der Waals surface area contributed by atoms with E-state index in [1.807, 2.05) is 4.90 Å². The first-order valence-electron chi connectivity index (χ1n) is 8.12. The molecule has 1 aliphatic heterocycles. The quantitative estimate of drug-likeness (QED) is 0.889. The van der Waals surface area contributed by atoms with Crippen LogP contribution in [0.1, 0.15) is 18.4 Å². The van der Waals surface area contributed by atoms with Crippen LogP contribution in [0.5, 0.6) is 0 Å². The van der Waals surface area contributed by atoms with E-state index in [0.717, 1.165) is 24.0 Å². The van der Waals surface area contributed by atoms with Crippen LogP contribution in [0.3, 0.4) is 0 Å². The lowest BCUT2D eigenvalue weighted by molar-refractivity contribution is 0.491. The molecule has 1 atom stereocenters.